The number of ether oxygens (including phenoxy) is 3. The normalized spacial score (nSPS) is 12.2. The first-order chi connectivity index (χ1) is 22.0. The van der Waals surface area contributed by atoms with Gasteiger partial charge in [0.2, 0.25) is 5.69 Å². The highest BCUT2D eigenvalue weighted by molar-refractivity contribution is 6.74. The van der Waals surface area contributed by atoms with E-state index in [9.17, 15) is 0 Å². The molecule has 0 aliphatic rings. The van der Waals surface area contributed by atoms with E-state index in [0.717, 1.165) is 28.2 Å². The van der Waals surface area contributed by atoms with Gasteiger partial charge >= 0.3 is 0 Å². The van der Waals surface area contributed by atoms with E-state index in [2.05, 4.69) is 60.4 Å². The molecule has 0 saturated heterocycles. The van der Waals surface area contributed by atoms with E-state index in [1.807, 2.05) is 66.7 Å². The molecule has 3 aromatic carbocycles. The van der Waals surface area contributed by atoms with Gasteiger partial charge in [0.15, 0.2) is 14.0 Å². The van der Waals surface area contributed by atoms with Gasteiger partial charge in [-0.1, -0.05) is 75.4 Å². The highest BCUT2D eigenvalue weighted by Gasteiger charge is 2.39. The molecule has 238 valence electrons. The quantitative estimate of drug-likeness (QED) is 0.0778. The van der Waals surface area contributed by atoms with E-state index in [0.29, 0.717) is 35.8 Å². The molecule has 0 spiro atoms. The molecule has 9 heteroatoms. The topological polar surface area (TPSA) is 72.0 Å². The average molecular weight is 635 g/mol. The Morgan fingerprint density at radius 2 is 1.39 bits per heavy atom. The van der Waals surface area contributed by atoms with Gasteiger partial charge in [0, 0.05) is 12.7 Å². The lowest BCUT2D eigenvalue weighted by atomic mass is 9.80. The van der Waals surface area contributed by atoms with Crippen LogP contribution in [0.25, 0.3) is 16.0 Å². The van der Waals surface area contributed by atoms with Crippen LogP contribution in [0.2, 0.25) is 18.1 Å². The first-order valence-electron chi connectivity index (χ1n) is 15.4. The van der Waals surface area contributed by atoms with Crippen molar-refractivity contribution in [1.82, 2.24) is 14.5 Å². The van der Waals surface area contributed by atoms with Crippen LogP contribution in [-0.4, -0.2) is 43.7 Å². The minimum atomic E-state index is -1.98. The third-order valence-corrected chi connectivity index (χ3v) is 13.5. The number of hydrogen-bond donors (Lipinski definition) is 0. The van der Waals surface area contributed by atoms with E-state index in [1.165, 1.54) is 0 Å². The lowest BCUT2D eigenvalue weighted by Gasteiger charge is -2.36. The van der Waals surface area contributed by atoms with Gasteiger partial charge in [-0.15, -0.1) is 0 Å². The second-order valence-electron chi connectivity index (χ2n) is 12.7. The second kappa shape index (κ2) is 13.5. The van der Waals surface area contributed by atoms with Gasteiger partial charge in [-0.3, -0.25) is 0 Å². The Bertz CT molecular complexity index is 1760. The lowest BCUT2D eigenvalue weighted by molar-refractivity contribution is -0.00455. The number of benzene rings is 3. The molecule has 0 radical (unpaired) electrons. The molecule has 0 unspecified atom stereocenters. The largest absolute Gasteiger partial charge is 0.497 e. The Morgan fingerprint density at radius 3 is 1.91 bits per heavy atom. The minimum Gasteiger partial charge on any atom is -0.497 e. The van der Waals surface area contributed by atoms with E-state index in [-0.39, 0.29) is 11.6 Å². The summed E-state index contributed by atoms with van der Waals surface area (Å²) in [5, 5.41) is 0.0880. The first kappa shape index (κ1) is 32.9. The second-order valence-corrected chi connectivity index (χ2v) is 17.5. The zero-order chi connectivity index (χ0) is 33.0. The molecular weight excluding hydrogens is 593 g/mol. The van der Waals surface area contributed by atoms with Crippen LogP contribution in [0.5, 0.6) is 11.5 Å². The van der Waals surface area contributed by atoms with Gasteiger partial charge in [-0.2, -0.15) is 0 Å². The van der Waals surface area contributed by atoms with Crippen molar-refractivity contribution in [3.05, 3.63) is 125 Å². The average Bonchev–Trinajstić information content (AvgIpc) is 3.41. The zero-order valence-corrected chi connectivity index (χ0v) is 28.7. The van der Waals surface area contributed by atoms with Gasteiger partial charge < -0.3 is 23.2 Å². The number of hydrogen-bond acceptors (Lipinski definition) is 6. The predicted molar refractivity (Wildman–Crippen MR) is 184 cm³/mol. The number of fused-ring (bicyclic) bond motifs is 1. The molecule has 46 heavy (non-hydrogen) atoms. The number of methoxy groups -OCH3 is 2. The third-order valence-electron chi connectivity index (χ3n) is 8.95. The van der Waals surface area contributed by atoms with Crippen LogP contribution < -0.4 is 9.47 Å². The molecule has 8 nitrogen and oxygen atoms in total. The summed E-state index contributed by atoms with van der Waals surface area (Å²) in [6.45, 7) is 20.0. The molecule has 0 bridgehead atoms. The van der Waals surface area contributed by atoms with Gasteiger partial charge in [0.1, 0.15) is 29.5 Å². The fourth-order valence-electron chi connectivity index (χ4n) is 5.31. The summed E-state index contributed by atoms with van der Waals surface area (Å²) in [5.41, 5.74) is 3.61. The number of aromatic nitrogens is 3. The fourth-order valence-corrected chi connectivity index (χ4v) is 6.34. The molecule has 0 atom stereocenters. The summed E-state index contributed by atoms with van der Waals surface area (Å²) < 4.78 is 26.8. The highest BCUT2D eigenvalue weighted by atomic mass is 28.4. The maximum absolute atomic E-state index is 7.52. The maximum Gasteiger partial charge on any atom is 0.207 e. The van der Waals surface area contributed by atoms with Crippen LogP contribution in [0, 0.1) is 6.57 Å². The van der Waals surface area contributed by atoms with Crippen LogP contribution in [0.15, 0.2) is 91.1 Å². The molecule has 5 rings (SSSR count). The Kier molecular flexibility index (Phi) is 9.63. The van der Waals surface area contributed by atoms with Crippen LogP contribution in [0.3, 0.4) is 0 Å². The number of nitrogens with zero attached hydrogens (tertiary/aromatic N) is 4. The van der Waals surface area contributed by atoms with Crippen molar-refractivity contribution in [1.29, 1.82) is 0 Å². The molecule has 0 N–H and O–H groups in total. The summed E-state index contributed by atoms with van der Waals surface area (Å²) in [6, 6.07) is 27.9. The molecule has 0 amide bonds. The van der Waals surface area contributed by atoms with Crippen molar-refractivity contribution in [3.8, 4) is 11.5 Å². The Hall–Kier alpha value is -4.49. The summed E-state index contributed by atoms with van der Waals surface area (Å²) in [5.74, 6) is 2.21. The summed E-state index contributed by atoms with van der Waals surface area (Å²) in [6.07, 6.45) is 1.59. The van der Waals surface area contributed by atoms with Gasteiger partial charge in [-0.05, 0) is 65.2 Å². The minimum absolute atomic E-state index is 0.0880. The van der Waals surface area contributed by atoms with Crippen molar-refractivity contribution in [3.63, 3.8) is 0 Å². The molecular formula is C37H42N4O4Si. The van der Waals surface area contributed by atoms with Crippen LogP contribution >= 0.6 is 0 Å². The fraction of sp³-hybridized carbons (Fsp3) is 0.324. The van der Waals surface area contributed by atoms with Crippen LogP contribution in [-0.2, 0) is 27.9 Å². The third kappa shape index (κ3) is 6.56. The van der Waals surface area contributed by atoms with Crippen molar-refractivity contribution < 1.29 is 18.6 Å². The van der Waals surface area contributed by atoms with Crippen LogP contribution in [0.4, 0.5) is 5.69 Å². The van der Waals surface area contributed by atoms with E-state index in [1.54, 1.807) is 26.5 Å². The summed E-state index contributed by atoms with van der Waals surface area (Å²) >= 11 is 0. The first-order valence-corrected chi connectivity index (χ1v) is 18.3. The zero-order valence-electron chi connectivity index (χ0n) is 27.7. The van der Waals surface area contributed by atoms with Crippen molar-refractivity contribution in [2.75, 3.05) is 20.8 Å². The van der Waals surface area contributed by atoms with Crippen molar-refractivity contribution in [2.24, 2.45) is 0 Å². The summed E-state index contributed by atoms with van der Waals surface area (Å²) in [4.78, 5) is 13.2. The SMILES string of the molecule is [C-]#[N+]c1cnc2c(c1)nc(COC(c1ccccc1)(c1ccc(OC)cc1)c1ccc(OC)cc1)n2CCO[Si](C)(C)C(C)(C)C. The van der Waals surface area contributed by atoms with E-state index < -0.39 is 13.9 Å². The standard InChI is InChI=1S/C37H42N4O4Si/c1-36(2,3)46(7,8)45-23-22-41-34(40-33-24-30(38-4)25-39-35(33)41)26-44-37(27-12-10-9-11-13-27,28-14-18-31(42-5)19-15-28)29-16-20-32(43-6)21-17-29/h9-21,24-25H,22-23,26H2,1-3,5-8H3. The van der Waals surface area contributed by atoms with E-state index >= 15 is 0 Å². The molecule has 2 aromatic heterocycles. The van der Waals surface area contributed by atoms with Gasteiger partial charge in [0.25, 0.3) is 0 Å². The molecule has 0 aliphatic carbocycles. The molecule has 5 aromatic rings. The number of imidazole rings is 1. The molecule has 0 fully saturated rings. The Morgan fingerprint density at radius 1 is 0.826 bits per heavy atom. The lowest BCUT2D eigenvalue weighted by Crippen LogP contribution is -2.41. The van der Waals surface area contributed by atoms with Crippen LogP contribution in [0.1, 0.15) is 43.3 Å². The maximum atomic E-state index is 7.52. The Labute approximate surface area is 272 Å². The smallest absolute Gasteiger partial charge is 0.207 e. The molecule has 0 saturated carbocycles. The van der Waals surface area contributed by atoms with E-state index in [4.69, 9.17) is 30.2 Å². The van der Waals surface area contributed by atoms with Crippen molar-refractivity contribution in [2.45, 2.75) is 57.7 Å². The highest BCUT2D eigenvalue weighted by Crippen LogP contribution is 2.42. The van der Waals surface area contributed by atoms with Crippen molar-refractivity contribution >= 4 is 25.2 Å². The number of rotatable bonds is 12. The van der Waals surface area contributed by atoms with Gasteiger partial charge in [0.05, 0.1) is 32.9 Å². The van der Waals surface area contributed by atoms with Gasteiger partial charge in [-0.25, -0.2) is 14.8 Å². The predicted octanol–water partition coefficient (Wildman–Crippen LogP) is 8.53. The Balaban J connectivity index is 1.61. The summed E-state index contributed by atoms with van der Waals surface area (Å²) in [7, 11) is 1.34. The monoisotopic (exact) mass is 634 g/mol. The molecule has 2 heterocycles. The molecule has 0 aliphatic heterocycles. The number of pyridine rings is 1.